The summed E-state index contributed by atoms with van der Waals surface area (Å²) >= 11 is 0. The zero-order chi connectivity index (χ0) is 13.5. The summed E-state index contributed by atoms with van der Waals surface area (Å²) < 4.78 is 5.69. The van der Waals surface area contributed by atoms with Crippen molar-refractivity contribution in [3.8, 4) is 5.75 Å². The molecular formula is C14H20N2O3. The fourth-order valence-electron chi connectivity index (χ4n) is 2.07. The largest absolute Gasteiger partial charge is 0.508 e. The maximum absolute atomic E-state index is 11.7. The van der Waals surface area contributed by atoms with Crippen LogP contribution in [0.1, 0.15) is 23.2 Å². The van der Waals surface area contributed by atoms with Crippen LogP contribution in [0.3, 0.4) is 0 Å². The fourth-order valence-corrected chi connectivity index (χ4v) is 2.07. The van der Waals surface area contributed by atoms with E-state index in [-0.39, 0.29) is 11.7 Å². The van der Waals surface area contributed by atoms with Gasteiger partial charge >= 0.3 is 0 Å². The predicted octanol–water partition coefficient (Wildman–Crippen LogP) is 0.891. The highest BCUT2D eigenvalue weighted by Crippen LogP contribution is 2.09. The van der Waals surface area contributed by atoms with Crippen LogP contribution in [0.25, 0.3) is 0 Å². The van der Waals surface area contributed by atoms with E-state index in [0.717, 1.165) is 25.9 Å². The Balaban J connectivity index is 1.64. The predicted molar refractivity (Wildman–Crippen MR) is 72.3 cm³/mol. The molecule has 0 radical (unpaired) electrons. The molecule has 1 heterocycles. The van der Waals surface area contributed by atoms with Crippen LogP contribution in [0.15, 0.2) is 24.3 Å². The van der Waals surface area contributed by atoms with Crippen molar-refractivity contribution in [3.05, 3.63) is 29.8 Å². The smallest absolute Gasteiger partial charge is 0.251 e. The number of carbonyl (C=O) groups excluding carboxylic acids is 1. The topological polar surface area (TPSA) is 70.6 Å². The van der Waals surface area contributed by atoms with Gasteiger partial charge in [0.15, 0.2) is 0 Å². The molecule has 1 aromatic carbocycles. The lowest BCUT2D eigenvalue weighted by molar-refractivity contribution is 0.0343. The molecule has 1 aliphatic heterocycles. The first kappa shape index (κ1) is 13.8. The summed E-state index contributed by atoms with van der Waals surface area (Å²) in [5.74, 6) is 0.0136. The van der Waals surface area contributed by atoms with Gasteiger partial charge in [0.1, 0.15) is 5.75 Å². The Morgan fingerprint density at radius 1 is 1.32 bits per heavy atom. The number of piperidine rings is 1. The quantitative estimate of drug-likeness (QED) is 0.691. The third-order valence-corrected chi connectivity index (χ3v) is 3.16. The van der Waals surface area contributed by atoms with Crippen molar-refractivity contribution >= 4 is 5.91 Å². The van der Waals surface area contributed by atoms with Gasteiger partial charge in [-0.3, -0.25) is 4.79 Å². The molecule has 1 aromatic rings. The second-order valence-corrected chi connectivity index (χ2v) is 4.62. The first-order valence-corrected chi connectivity index (χ1v) is 6.65. The van der Waals surface area contributed by atoms with E-state index >= 15 is 0 Å². The molecule has 3 N–H and O–H groups in total. The monoisotopic (exact) mass is 264 g/mol. The van der Waals surface area contributed by atoms with Gasteiger partial charge in [0, 0.05) is 12.1 Å². The number of ether oxygens (including phenoxy) is 1. The van der Waals surface area contributed by atoms with E-state index in [1.165, 1.54) is 12.1 Å². The maximum Gasteiger partial charge on any atom is 0.251 e. The molecule has 0 spiro atoms. The average molecular weight is 264 g/mol. The molecule has 0 aromatic heterocycles. The van der Waals surface area contributed by atoms with E-state index < -0.39 is 0 Å². The van der Waals surface area contributed by atoms with E-state index in [0.29, 0.717) is 24.8 Å². The fraction of sp³-hybridized carbons (Fsp3) is 0.500. The van der Waals surface area contributed by atoms with Gasteiger partial charge in [-0.05, 0) is 50.2 Å². The molecule has 0 atom stereocenters. The third-order valence-electron chi connectivity index (χ3n) is 3.16. The van der Waals surface area contributed by atoms with Crippen LogP contribution in [0, 0.1) is 0 Å². The van der Waals surface area contributed by atoms with Gasteiger partial charge in [-0.2, -0.15) is 0 Å². The molecule has 1 saturated heterocycles. The summed E-state index contributed by atoms with van der Waals surface area (Å²) in [6, 6.07) is 6.19. The summed E-state index contributed by atoms with van der Waals surface area (Å²) in [4.78, 5) is 11.7. The van der Waals surface area contributed by atoms with Crippen LogP contribution in [0.2, 0.25) is 0 Å². The lowest BCUT2D eigenvalue weighted by atomic mass is 10.1. The van der Waals surface area contributed by atoms with Gasteiger partial charge in [-0.1, -0.05) is 0 Å². The van der Waals surface area contributed by atoms with Crippen molar-refractivity contribution in [2.45, 2.75) is 18.9 Å². The summed E-state index contributed by atoms with van der Waals surface area (Å²) in [5, 5.41) is 15.2. The van der Waals surface area contributed by atoms with E-state index in [1.54, 1.807) is 12.1 Å². The second-order valence-electron chi connectivity index (χ2n) is 4.62. The highest BCUT2D eigenvalue weighted by molar-refractivity contribution is 5.94. The van der Waals surface area contributed by atoms with Gasteiger partial charge in [0.05, 0.1) is 12.7 Å². The van der Waals surface area contributed by atoms with Crippen molar-refractivity contribution in [2.24, 2.45) is 0 Å². The number of benzene rings is 1. The molecular weight excluding hydrogens is 244 g/mol. The van der Waals surface area contributed by atoms with E-state index in [9.17, 15) is 4.79 Å². The summed E-state index contributed by atoms with van der Waals surface area (Å²) in [6.45, 7) is 3.05. The Hall–Kier alpha value is -1.59. The molecule has 0 saturated carbocycles. The first-order chi connectivity index (χ1) is 9.25. The van der Waals surface area contributed by atoms with Gasteiger partial charge in [0.2, 0.25) is 0 Å². The number of phenols is 1. The highest BCUT2D eigenvalue weighted by atomic mass is 16.5. The van der Waals surface area contributed by atoms with E-state index in [1.807, 2.05) is 0 Å². The van der Waals surface area contributed by atoms with Crippen LogP contribution in [-0.4, -0.2) is 43.4 Å². The summed E-state index contributed by atoms with van der Waals surface area (Å²) in [6.07, 6.45) is 2.38. The van der Waals surface area contributed by atoms with Gasteiger partial charge in [0.25, 0.3) is 5.91 Å². The van der Waals surface area contributed by atoms with Crippen LogP contribution in [-0.2, 0) is 4.74 Å². The van der Waals surface area contributed by atoms with Gasteiger partial charge in [-0.15, -0.1) is 0 Å². The number of nitrogens with one attached hydrogen (secondary N) is 2. The second kappa shape index (κ2) is 7.11. The molecule has 5 heteroatoms. The van der Waals surface area contributed by atoms with Crippen LogP contribution in [0.4, 0.5) is 0 Å². The molecule has 104 valence electrons. The van der Waals surface area contributed by atoms with E-state index in [2.05, 4.69) is 10.6 Å². The molecule has 0 bridgehead atoms. The highest BCUT2D eigenvalue weighted by Gasteiger charge is 2.12. The summed E-state index contributed by atoms with van der Waals surface area (Å²) in [7, 11) is 0. The SMILES string of the molecule is O=C(NCCOC1CCNCC1)c1ccc(O)cc1. The Kier molecular flexibility index (Phi) is 5.18. The number of hydrogen-bond acceptors (Lipinski definition) is 4. The average Bonchev–Trinajstić information content (AvgIpc) is 2.45. The third kappa shape index (κ3) is 4.54. The number of aromatic hydroxyl groups is 1. The van der Waals surface area contributed by atoms with Crippen LogP contribution in [0.5, 0.6) is 5.75 Å². The molecule has 1 amide bonds. The normalized spacial score (nSPS) is 16.2. The number of phenolic OH excluding ortho intramolecular Hbond substituents is 1. The van der Waals surface area contributed by atoms with Crippen molar-refractivity contribution in [1.29, 1.82) is 0 Å². The molecule has 0 aliphatic carbocycles. The minimum absolute atomic E-state index is 0.145. The Morgan fingerprint density at radius 2 is 2.00 bits per heavy atom. The lowest BCUT2D eigenvalue weighted by Gasteiger charge is -2.22. The van der Waals surface area contributed by atoms with Crippen molar-refractivity contribution in [3.63, 3.8) is 0 Å². The Morgan fingerprint density at radius 3 is 2.68 bits per heavy atom. The number of hydrogen-bond donors (Lipinski definition) is 3. The molecule has 1 aliphatic rings. The molecule has 5 nitrogen and oxygen atoms in total. The maximum atomic E-state index is 11.7. The van der Waals surface area contributed by atoms with Gasteiger partial charge < -0.3 is 20.5 Å². The molecule has 2 rings (SSSR count). The minimum Gasteiger partial charge on any atom is -0.508 e. The van der Waals surface area contributed by atoms with Crippen LogP contribution >= 0.6 is 0 Å². The Labute approximate surface area is 113 Å². The van der Waals surface area contributed by atoms with Crippen molar-refractivity contribution in [2.75, 3.05) is 26.2 Å². The summed E-state index contributed by atoms with van der Waals surface area (Å²) in [5.41, 5.74) is 0.541. The lowest BCUT2D eigenvalue weighted by Crippen LogP contribution is -2.34. The zero-order valence-corrected chi connectivity index (χ0v) is 10.9. The number of amides is 1. The van der Waals surface area contributed by atoms with Crippen molar-refractivity contribution < 1.29 is 14.6 Å². The van der Waals surface area contributed by atoms with Crippen molar-refractivity contribution in [1.82, 2.24) is 10.6 Å². The molecule has 19 heavy (non-hydrogen) atoms. The minimum atomic E-state index is -0.145. The van der Waals surface area contributed by atoms with E-state index in [4.69, 9.17) is 9.84 Å². The standard InChI is InChI=1S/C14H20N2O3/c17-12-3-1-11(2-4-12)14(18)16-9-10-19-13-5-7-15-8-6-13/h1-4,13,15,17H,5-10H2,(H,16,18). The number of carbonyl (C=O) groups is 1. The van der Waals surface area contributed by atoms with Crippen LogP contribution < -0.4 is 10.6 Å². The molecule has 0 unspecified atom stereocenters. The Bertz CT molecular complexity index is 400. The van der Waals surface area contributed by atoms with Gasteiger partial charge in [-0.25, -0.2) is 0 Å². The molecule has 1 fully saturated rings. The number of rotatable bonds is 5. The zero-order valence-electron chi connectivity index (χ0n) is 10.9. The first-order valence-electron chi connectivity index (χ1n) is 6.65.